The Morgan fingerprint density at radius 2 is 2.13 bits per heavy atom. The summed E-state index contributed by atoms with van der Waals surface area (Å²) in [6, 6.07) is 7.45. The van der Waals surface area contributed by atoms with Crippen LogP contribution in [0.15, 0.2) is 40.9 Å². The minimum Gasteiger partial charge on any atom is -0.479 e. The van der Waals surface area contributed by atoms with Gasteiger partial charge in [-0.2, -0.15) is 5.26 Å². The number of methoxy groups -OCH3 is 1. The number of carbonyl (C=O) groups is 1. The molecule has 0 radical (unpaired) electrons. The van der Waals surface area contributed by atoms with E-state index in [0.29, 0.717) is 59.3 Å². The Kier molecular flexibility index (Phi) is 6.65. The number of benzene rings is 1. The monoisotopic (exact) mass is 439 g/mol. The molecule has 0 fully saturated rings. The summed E-state index contributed by atoms with van der Waals surface area (Å²) in [6.07, 6.45) is 6.32. The van der Waals surface area contributed by atoms with Gasteiger partial charge in [0, 0.05) is 31.3 Å². The first kappa shape index (κ1) is 22.7. The summed E-state index contributed by atoms with van der Waals surface area (Å²) in [7, 11) is 1.61. The van der Waals surface area contributed by atoms with Gasteiger partial charge in [0.15, 0.2) is 5.78 Å². The van der Waals surface area contributed by atoms with E-state index >= 15 is 0 Å². The minimum atomic E-state index is -0.582. The highest BCUT2D eigenvalue weighted by atomic mass is 35.5. The molecule has 0 bridgehead atoms. The van der Waals surface area contributed by atoms with Gasteiger partial charge < -0.3 is 20.1 Å². The third-order valence-corrected chi connectivity index (χ3v) is 5.90. The van der Waals surface area contributed by atoms with Crippen molar-refractivity contribution >= 4 is 17.4 Å². The van der Waals surface area contributed by atoms with E-state index in [4.69, 9.17) is 33.2 Å². The van der Waals surface area contributed by atoms with Crippen LogP contribution in [0.1, 0.15) is 38.2 Å². The molecule has 0 saturated heterocycles. The number of ketones is 1. The number of ether oxygens (including phenoxy) is 2. The zero-order chi connectivity index (χ0) is 22.8. The molecule has 162 valence electrons. The molecular formula is C24H26ClN3O3. The number of nitrogens with zero attached hydrogens (tertiary/aromatic N) is 2. The molecule has 1 aliphatic heterocycles. The largest absolute Gasteiger partial charge is 0.479 e. The predicted octanol–water partition coefficient (Wildman–Crippen LogP) is 3.73. The van der Waals surface area contributed by atoms with E-state index in [2.05, 4.69) is 25.8 Å². The van der Waals surface area contributed by atoms with Crippen molar-refractivity contribution in [2.24, 2.45) is 11.1 Å². The van der Waals surface area contributed by atoms with Crippen LogP contribution in [0.5, 0.6) is 5.75 Å². The Hall–Kier alpha value is -2.93. The molecule has 1 aromatic rings. The van der Waals surface area contributed by atoms with Gasteiger partial charge in [-0.1, -0.05) is 37.4 Å². The van der Waals surface area contributed by atoms with Gasteiger partial charge in [0.2, 0.25) is 0 Å². The molecule has 1 aromatic carbocycles. The van der Waals surface area contributed by atoms with Crippen LogP contribution in [0, 0.1) is 29.1 Å². The Labute approximate surface area is 188 Å². The fraction of sp³-hybridized carbons (Fsp3) is 0.417. The number of carbonyl (C=O) groups excluding carboxylic acids is 1. The van der Waals surface area contributed by atoms with Gasteiger partial charge in [-0.05, 0) is 29.5 Å². The van der Waals surface area contributed by atoms with Crippen molar-refractivity contribution in [3.63, 3.8) is 0 Å². The number of terminal acetylenes is 1. The van der Waals surface area contributed by atoms with Crippen LogP contribution in [-0.2, 0) is 9.53 Å². The smallest absolute Gasteiger partial charge is 0.162 e. The Morgan fingerprint density at radius 3 is 2.74 bits per heavy atom. The fourth-order valence-electron chi connectivity index (χ4n) is 4.28. The Bertz CT molecular complexity index is 1040. The Balaban J connectivity index is 2.16. The molecule has 1 aliphatic carbocycles. The normalized spacial score (nSPS) is 20.3. The van der Waals surface area contributed by atoms with E-state index in [9.17, 15) is 10.1 Å². The molecule has 1 heterocycles. The van der Waals surface area contributed by atoms with E-state index in [1.165, 1.54) is 0 Å². The highest BCUT2D eigenvalue weighted by Crippen LogP contribution is 2.49. The molecule has 0 saturated carbocycles. The number of nitriles is 1. The number of rotatable bonds is 6. The predicted molar refractivity (Wildman–Crippen MR) is 119 cm³/mol. The van der Waals surface area contributed by atoms with Crippen molar-refractivity contribution in [1.82, 2.24) is 4.90 Å². The van der Waals surface area contributed by atoms with Gasteiger partial charge in [-0.25, -0.2) is 0 Å². The first-order chi connectivity index (χ1) is 14.7. The Morgan fingerprint density at radius 1 is 1.39 bits per heavy atom. The first-order valence-electron chi connectivity index (χ1n) is 10.0. The number of hydrogen-bond donors (Lipinski definition) is 1. The van der Waals surface area contributed by atoms with Crippen molar-refractivity contribution in [3.05, 3.63) is 51.4 Å². The van der Waals surface area contributed by atoms with Gasteiger partial charge in [0.05, 0.1) is 29.2 Å². The van der Waals surface area contributed by atoms with Crippen LogP contribution in [0.2, 0.25) is 5.02 Å². The second-order valence-corrected chi connectivity index (χ2v) is 8.88. The lowest BCUT2D eigenvalue weighted by Gasteiger charge is -2.43. The molecule has 0 unspecified atom stereocenters. The van der Waals surface area contributed by atoms with Gasteiger partial charge in [-0.15, -0.1) is 6.42 Å². The molecule has 1 atom stereocenters. The van der Waals surface area contributed by atoms with Crippen molar-refractivity contribution in [1.29, 1.82) is 5.26 Å². The number of Topliss-reactive ketones (excluding diaryl/α,β-unsaturated/α-hetero) is 1. The summed E-state index contributed by atoms with van der Waals surface area (Å²) in [5, 5.41) is 10.4. The van der Waals surface area contributed by atoms with Crippen molar-refractivity contribution in [3.8, 4) is 24.2 Å². The van der Waals surface area contributed by atoms with Crippen LogP contribution in [0.25, 0.3) is 0 Å². The average molecular weight is 440 g/mol. The molecule has 2 N–H and O–H groups in total. The van der Waals surface area contributed by atoms with Crippen LogP contribution in [0.4, 0.5) is 0 Å². The molecule has 7 heteroatoms. The highest BCUT2D eigenvalue weighted by molar-refractivity contribution is 6.32. The number of hydrogen-bond acceptors (Lipinski definition) is 6. The fourth-order valence-corrected chi connectivity index (χ4v) is 4.52. The third-order valence-electron chi connectivity index (χ3n) is 5.61. The third kappa shape index (κ3) is 4.42. The van der Waals surface area contributed by atoms with Crippen LogP contribution in [0.3, 0.4) is 0 Å². The lowest BCUT2D eigenvalue weighted by molar-refractivity contribution is -0.118. The summed E-state index contributed by atoms with van der Waals surface area (Å²) >= 11 is 6.41. The second-order valence-electron chi connectivity index (χ2n) is 8.47. The second kappa shape index (κ2) is 9.06. The quantitative estimate of drug-likeness (QED) is 0.679. The lowest BCUT2D eigenvalue weighted by atomic mass is 9.68. The van der Waals surface area contributed by atoms with Crippen LogP contribution < -0.4 is 10.5 Å². The maximum absolute atomic E-state index is 13.3. The lowest BCUT2D eigenvalue weighted by Crippen LogP contribution is -2.43. The van der Waals surface area contributed by atoms with Gasteiger partial charge in [0.25, 0.3) is 0 Å². The summed E-state index contributed by atoms with van der Waals surface area (Å²) in [6.45, 7) is 5.10. The van der Waals surface area contributed by atoms with Gasteiger partial charge in [-0.3, -0.25) is 4.79 Å². The van der Waals surface area contributed by atoms with Crippen molar-refractivity contribution in [2.45, 2.75) is 32.6 Å². The molecular weight excluding hydrogens is 414 g/mol. The van der Waals surface area contributed by atoms with Crippen molar-refractivity contribution < 1.29 is 14.3 Å². The zero-order valence-corrected chi connectivity index (χ0v) is 18.8. The summed E-state index contributed by atoms with van der Waals surface area (Å²) < 4.78 is 10.7. The molecule has 3 rings (SSSR count). The number of allylic oxidation sites excluding steroid dienone is 3. The van der Waals surface area contributed by atoms with E-state index in [-0.39, 0.29) is 17.8 Å². The van der Waals surface area contributed by atoms with Crippen LogP contribution in [-0.4, -0.2) is 37.6 Å². The zero-order valence-electron chi connectivity index (χ0n) is 18.0. The topological polar surface area (TPSA) is 88.6 Å². The molecule has 2 aliphatic rings. The van der Waals surface area contributed by atoms with E-state index in [0.717, 1.165) is 5.70 Å². The number of halogens is 1. The minimum absolute atomic E-state index is 0.0164. The molecule has 0 amide bonds. The van der Waals surface area contributed by atoms with Gasteiger partial charge in [0.1, 0.15) is 18.2 Å². The molecule has 31 heavy (non-hydrogen) atoms. The van der Waals surface area contributed by atoms with Crippen LogP contribution >= 0.6 is 11.6 Å². The maximum atomic E-state index is 13.3. The average Bonchev–Trinajstić information content (AvgIpc) is 2.70. The molecule has 0 spiro atoms. The summed E-state index contributed by atoms with van der Waals surface area (Å²) in [4.78, 5) is 15.2. The first-order valence-corrected chi connectivity index (χ1v) is 10.4. The van der Waals surface area contributed by atoms with E-state index in [1.54, 1.807) is 25.3 Å². The molecule has 6 nitrogen and oxygen atoms in total. The van der Waals surface area contributed by atoms with E-state index < -0.39 is 5.92 Å². The summed E-state index contributed by atoms with van der Waals surface area (Å²) in [5.74, 6) is 2.63. The summed E-state index contributed by atoms with van der Waals surface area (Å²) in [5.41, 5.74) is 8.77. The maximum Gasteiger partial charge on any atom is 0.162 e. The number of nitrogens with two attached hydrogens (primary N) is 1. The standard InChI is InChI=1S/C24H26ClN3O3/c1-5-9-31-20-7-6-15(11-17(20)25)21-16(14-26)23(27)28(8-10-30-4)18-12-24(2,3)13-19(29)22(18)21/h1,6-7,11,21H,8-10,12-13,27H2,2-4H3/t21-/m1/s1. The van der Waals surface area contributed by atoms with E-state index in [1.807, 2.05) is 4.90 Å². The van der Waals surface area contributed by atoms with Crippen molar-refractivity contribution in [2.75, 3.05) is 26.9 Å². The van der Waals surface area contributed by atoms with Gasteiger partial charge >= 0.3 is 0 Å². The SMILES string of the molecule is C#CCOc1ccc([C@@H]2C(C#N)=C(N)N(CCOC)C3=C2C(=O)CC(C)(C)C3)cc1Cl. The highest BCUT2D eigenvalue weighted by Gasteiger charge is 2.44. The molecule has 0 aromatic heterocycles.